The highest BCUT2D eigenvalue weighted by molar-refractivity contribution is 7.91. The first kappa shape index (κ1) is 13.2. The van der Waals surface area contributed by atoms with E-state index in [1.165, 1.54) is 0 Å². The van der Waals surface area contributed by atoms with Crippen LogP contribution in [0.2, 0.25) is 0 Å². The third-order valence-electron chi connectivity index (χ3n) is 1.37. The molecular weight excluding hydrogens is 212 g/mol. The molecule has 0 aromatic rings. The van der Waals surface area contributed by atoms with Crippen LogP contribution in [0.1, 0.15) is 0 Å². The predicted octanol–water partition coefficient (Wildman–Crippen LogP) is -2.44. The third kappa shape index (κ3) is 5.02. The first-order valence-corrected chi connectivity index (χ1v) is 5.15. The zero-order chi connectivity index (χ0) is 11.3. The average Bonchev–Trinajstić information content (AvgIpc) is 2.03. The van der Waals surface area contributed by atoms with Crippen LogP contribution >= 0.6 is 0 Å². The molecule has 8 heteroatoms. The lowest BCUT2D eigenvalue weighted by atomic mass is 10.4. The Hall–Kier alpha value is -0.830. The summed E-state index contributed by atoms with van der Waals surface area (Å²) in [6, 6.07) is -2.51. The Morgan fingerprint density at radius 2 is 1.43 bits per heavy atom. The molecule has 7 nitrogen and oxygen atoms in total. The number of hydrogen-bond donors (Lipinski definition) is 4. The molecule has 0 saturated carbocycles. The van der Waals surface area contributed by atoms with Crippen LogP contribution in [0.15, 0.2) is 0 Å². The van der Waals surface area contributed by atoms with Crippen molar-refractivity contribution < 1.29 is 24.4 Å². The molecule has 0 aromatic carbocycles. The van der Waals surface area contributed by atoms with Gasteiger partial charge in [-0.25, -0.2) is 0 Å². The van der Waals surface area contributed by atoms with Gasteiger partial charge in [0.1, 0.15) is 23.6 Å². The number of aliphatic carboxylic acids is 2. The third-order valence-corrected chi connectivity index (χ3v) is 2.83. The molecule has 0 rings (SSSR count). The molecule has 0 amide bonds. The molecular formula is C6H12N2O5S. The Labute approximate surface area is 83.2 Å². The standard InChI is InChI=1S/C6H12N2O5S/c7-3(5(9)10)1-14(13)2-4(8)6(11)12/h3-4H,1-2,7-8H2,(H,9,10)(H,11,12)/t3-,4?,14?/m0/s1. The van der Waals surface area contributed by atoms with E-state index in [9.17, 15) is 14.1 Å². The summed E-state index contributed by atoms with van der Waals surface area (Å²) in [5.74, 6) is -3.14. The van der Waals surface area contributed by atoms with E-state index < -0.39 is 35.2 Å². The Morgan fingerprint density at radius 3 is 1.64 bits per heavy atom. The van der Waals surface area contributed by atoms with E-state index in [4.69, 9.17) is 21.7 Å². The maximum absolute atomic E-state index is 11.1. The molecule has 0 saturated heterocycles. The zero-order valence-electron chi connectivity index (χ0n) is 7.25. The predicted molar refractivity (Wildman–Crippen MR) is 49.1 cm³/mol. The van der Waals surface area contributed by atoms with Gasteiger partial charge in [-0.2, -0.15) is 0 Å². The van der Waals surface area contributed by atoms with E-state index in [0.717, 1.165) is 0 Å². The fourth-order valence-corrected chi connectivity index (χ4v) is 1.83. The summed E-state index contributed by atoms with van der Waals surface area (Å²) in [7, 11) is 0. The molecule has 82 valence electrons. The molecule has 0 fully saturated rings. The van der Waals surface area contributed by atoms with Gasteiger partial charge in [0.25, 0.3) is 0 Å². The van der Waals surface area contributed by atoms with Crippen LogP contribution in [0.25, 0.3) is 0 Å². The Balaban J connectivity index is 3.92. The Kier molecular flexibility index (Phi) is 5.46. The summed E-state index contributed by atoms with van der Waals surface area (Å²) in [5.41, 5.74) is 10.2. The monoisotopic (exact) mass is 224 g/mol. The SMILES string of the molecule is NC(C[S+]([O-])C[C@H](N)C(=O)O)C(=O)O. The number of carboxylic acid groups (broad SMARTS) is 2. The lowest BCUT2D eigenvalue weighted by Gasteiger charge is -2.14. The molecule has 0 aliphatic carbocycles. The highest BCUT2D eigenvalue weighted by Crippen LogP contribution is 1.96. The van der Waals surface area contributed by atoms with Crippen LogP contribution in [0.5, 0.6) is 0 Å². The highest BCUT2D eigenvalue weighted by atomic mass is 32.2. The molecule has 0 radical (unpaired) electrons. The summed E-state index contributed by atoms with van der Waals surface area (Å²) in [5, 5.41) is 16.7. The number of carbonyl (C=O) groups is 2. The maximum Gasteiger partial charge on any atom is 0.325 e. The van der Waals surface area contributed by atoms with E-state index in [2.05, 4.69) is 0 Å². The van der Waals surface area contributed by atoms with Crippen molar-refractivity contribution in [2.24, 2.45) is 11.5 Å². The van der Waals surface area contributed by atoms with Gasteiger partial charge < -0.3 is 26.2 Å². The summed E-state index contributed by atoms with van der Waals surface area (Å²) in [6.07, 6.45) is 0. The van der Waals surface area contributed by atoms with Crippen molar-refractivity contribution in [2.45, 2.75) is 12.1 Å². The van der Waals surface area contributed by atoms with E-state index in [1.54, 1.807) is 0 Å². The first-order valence-electron chi connectivity index (χ1n) is 3.66. The van der Waals surface area contributed by atoms with Crippen LogP contribution < -0.4 is 11.5 Å². The molecule has 6 N–H and O–H groups in total. The van der Waals surface area contributed by atoms with Crippen molar-refractivity contribution in [1.82, 2.24) is 0 Å². The van der Waals surface area contributed by atoms with E-state index in [-0.39, 0.29) is 11.5 Å². The summed E-state index contributed by atoms with van der Waals surface area (Å²) in [6.45, 7) is 0. The average molecular weight is 224 g/mol. The van der Waals surface area contributed by atoms with Gasteiger partial charge in [0.2, 0.25) is 0 Å². The minimum absolute atomic E-state index is 0.295. The fourth-order valence-electron chi connectivity index (χ4n) is 0.611. The molecule has 14 heavy (non-hydrogen) atoms. The second-order valence-corrected chi connectivity index (χ2v) is 4.21. The molecule has 0 aliphatic rings. The molecule has 0 aliphatic heterocycles. The number of nitrogens with two attached hydrogens (primary N) is 2. The molecule has 2 unspecified atom stereocenters. The lowest BCUT2D eigenvalue weighted by Crippen LogP contribution is -2.43. The van der Waals surface area contributed by atoms with Crippen LogP contribution in [0.3, 0.4) is 0 Å². The minimum atomic E-state index is -1.63. The number of rotatable bonds is 6. The van der Waals surface area contributed by atoms with E-state index >= 15 is 0 Å². The van der Waals surface area contributed by atoms with Gasteiger partial charge >= 0.3 is 11.9 Å². The van der Waals surface area contributed by atoms with Gasteiger partial charge in [-0.1, -0.05) is 0 Å². The number of carboxylic acids is 2. The lowest BCUT2D eigenvalue weighted by molar-refractivity contribution is -0.138. The summed E-state index contributed by atoms with van der Waals surface area (Å²) in [4.78, 5) is 20.5. The zero-order valence-corrected chi connectivity index (χ0v) is 8.07. The van der Waals surface area contributed by atoms with Crippen molar-refractivity contribution in [3.05, 3.63) is 0 Å². The van der Waals surface area contributed by atoms with Crippen LogP contribution in [-0.2, 0) is 20.8 Å². The summed E-state index contributed by atoms with van der Waals surface area (Å²) >= 11 is -1.63. The van der Waals surface area contributed by atoms with Gasteiger partial charge in [0.05, 0.1) is 0 Å². The summed E-state index contributed by atoms with van der Waals surface area (Å²) < 4.78 is 11.1. The maximum atomic E-state index is 11.1. The van der Waals surface area contributed by atoms with Gasteiger partial charge in [0, 0.05) is 0 Å². The fraction of sp³-hybridized carbons (Fsp3) is 0.667. The largest absolute Gasteiger partial charge is 0.616 e. The first-order chi connectivity index (χ1) is 6.34. The van der Waals surface area contributed by atoms with Crippen LogP contribution in [0, 0.1) is 0 Å². The highest BCUT2D eigenvalue weighted by Gasteiger charge is 2.24. The van der Waals surface area contributed by atoms with Crippen molar-refractivity contribution in [2.75, 3.05) is 11.5 Å². The normalized spacial score (nSPS) is 17.1. The van der Waals surface area contributed by atoms with Crippen LogP contribution in [0.4, 0.5) is 0 Å². The Morgan fingerprint density at radius 1 is 1.14 bits per heavy atom. The van der Waals surface area contributed by atoms with E-state index in [1.807, 2.05) is 0 Å². The molecule has 3 atom stereocenters. The van der Waals surface area contributed by atoms with Gasteiger partial charge in [0.15, 0.2) is 0 Å². The smallest absolute Gasteiger partial charge is 0.325 e. The van der Waals surface area contributed by atoms with Crippen LogP contribution in [-0.4, -0.2) is 50.3 Å². The minimum Gasteiger partial charge on any atom is -0.616 e. The van der Waals surface area contributed by atoms with Crippen molar-refractivity contribution in [1.29, 1.82) is 0 Å². The topological polar surface area (TPSA) is 150 Å². The van der Waals surface area contributed by atoms with Crippen molar-refractivity contribution >= 4 is 23.1 Å². The van der Waals surface area contributed by atoms with Crippen molar-refractivity contribution in [3.63, 3.8) is 0 Å². The Bertz CT molecular complexity index is 202. The molecule has 0 heterocycles. The van der Waals surface area contributed by atoms with Crippen molar-refractivity contribution in [3.8, 4) is 0 Å². The molecule has 0 aromatic heterocycles. The molecule has 0 bridgehead atoms. The molecule has 0 spiro atoms. The second-order valence-electron chi connectivity index (χ2n) is 2.66. The van der Waals surface area contributed by atoms with E-state index in [0.29, 0.717) is 0 Å². The van der Waals surface area contributed by atoms with Gasteiger partial charge in [-0.3, -0.25) is 9.59 Å². The quantitative estimate of drug-likeness (QED) is 0.366. The van der Waals surface area contributed by atoms with Gasteiger partial charge in [-0.15, -0.1) is 0 Å². The second kappa shape index (κ2) is 5.81. The number of hydrogen-bond acceptors (Lipinski definition) is 5. The van der Waals surface area contributed by atoms with Gasteiger partial charge in [-0.05, 0) is 11.2 Å².